The number of hydrogen-bond acceptors (Lipinski definition) is 5. The highest BCUT2D eigenvalue weighted by Gasteiger charge is 2.00. The molecule has 0 atom stereocenters. The second-order valence-electron chi connectivity index (χ2n) is 1.89. The van der Waals surface area contributed by atoms with E-state index in [4.69, 9.17) is 0 Å². The highest BCUT2D eigenvalue weighted by Crippen LogP contribution is 2.25. The van der Waals surface area contributed by atoms with Gasteiger partial charge in [0.05, 0.1) is 0 Å². The highest BCUT2D eigenvalue weighted by molar-refractivity contribution is 9.10. The van der Waals surface area contributed by atoms with Crippen LogP contribution in [0.2, 0.25) is 0 Å². The Kier molecular flexibility index (Phi) is 3.23. The van der Waals surface area contributed by atoms with Crippen LogP contribution in [0.4, 0.5) is 11.5 Å². The van der Waals surface area contributed by atoms with Gasteiger partial charge in [-0.2, -0.15) is 4.99 Å². The van der Waals surface area contributed by atoms with Crippen LogP contribution >= 0.6 is 15.9 Å². The normalized spacial score (nSPS) is 8.38. The fourth-order valence-corrected chi connectivity index (χ4v) is 1.06. The van der Waals surface area contributed by atoms with Crippen LogP contribution < -0.4 is 0 Å². The van der Waals surface area contributed by atoms with Crippen LogP contribution in [0.3, 0.4) is 0 Å². The number of pyridine rings is 1. The van der Waals surface area contributed by atoms with E-state index in [9.17, 15) is 9.59 Å². The van der Waals surface area contributed by atoms with Gasteiger partial charge < -0.3 is 0 Å². The van der Waals surface area contributed by atoms with E-state index >= 15 is 0 Å². The fourth-order valence-electron chi connectivity index (χ4n) is 0.659. The van der Waals surface area contributed by atoms with Gasteiger partial charge in [-0.15, -0.1) is 4.99 Å². The third-order valence-electron chi connectivity index (χ3n) is 1.14. The van der Waals surface area contributed by atoms with Crippen molar-refractivity contribution in [2.75, 3.05) is 0 Å². The SMILES string of the molecule is O=C=Nc1ccc(N=C=O)c(Br)n1. The molecular weight excluding hydrogens is 238 g/mol. The molecule has 0 aromatic carbocycles. The molecule has 0 saturated heterocycles. The molecular formula is C7H2BrN3O2. The molecule has 0 bridgehead atoms. The molecule has 0 N–H and O–H groups in total. The van der Waals surface area contributed by atoms with Crippen LogP contribution in [0.15, 0.2) is 26.7 Å². The minimum absolute atomic E-state index is 0.201. The smallest absolute Gasteiger partial charge is 0.219 e. The lowest BCUT2D eigenvalue weighted by molar-refractivity contribution is 0.564. The van der Waals surface area contributed by atoms with E-state index < -0.39 is 0 Å². The number of aromatic nitrogens is 1. The Morgan fingerprint density at radius 3 is 2.46 bits per heavy atom. The Morgan fingerprint density at radius 1 is 1.23 bits per heavy atom. The third kappa shape index (κ3) is 2.42. The summed E-state index contributed by atoms with van der Waals surface area (Å²) in [6.45, 7) is 0. The van der Waals surface area contributed by atoms with Crippen molar-refractivity contribution in [1.29, 1.82) is 0 Å². The molecule has 0 radical (unpaired) electrons. The summed E-state index contributed by atoms with van der Waals surface area (Å²) in [6, 6.07) is 2.92. The predicted octanol–water partition coefficient (Wildman–Crippen LogP) is 1.78. The lowest BCUT2D eigenvalue weighted by Gasteiger charge is -1.94. The molecule has 0 aliphatic heterocycles. The maximum Gasteiger partial charge on any atom is 0.242 e. The number of isocyanates is 2. The topological polar surface area (TPSA) is 71.8 Å². The van der Waals surface area contributed by atoms with Crippen LogP contribution in [-0.2, 0) is 9.59 Å². The van der Waals surface area contributed by atoms with Gasteiger partial charge >= 0.3 is 0 Å². The fraction of sp³-hybridized carbons (Fsp3) is 0. The lowest BCUT2D eigenvalue weighted by atomic mass is 10.4. The second kappa shape index (κ2) is 4.42. The van der Waals surface area contributed by atoms with Gasteiger partial charge in [0.2, 0.25) is 12.2 Å². The lowest BCUT2D eigenvalue weighted by Crippen LogP contribution is -1.76. The number of carbonyl (C=O) groups excluding carboxylic acids is 2. The summed E-state index contributed by atoms with van der Waals surface area (Å²) in [5.41, 5.74) is 0.333. The molecule has 64 valence electrons. The number of nitrogens with zero attached hydrogens (tertiary/aromatic N) is 3. The Bertz CT molecular complexity index is 420. The summed E-state index contributed by atoms with van der Waals surface area (Å²) in [6.07, 6.45) is 2.72. The van der Waals surface area contributed by atoms with E-state index in [0.717, 1.165) is 0 Å². The zero-order valence-electron chi connectivity index (χ0n) is 6.19. The van der Waals surface area contributed by atoms with Crippen molar-refractivity contribution in [3.05, 3.63) is 16.7 Å². The molecule has 13 heavy (non-hydrogen) atoms. The van der Waals surface area contributed by atoms with Crippen LogP contribution in [0.1, 0.15) is 0 Å². The van der Waals surface area contributed by atoms with Crippen molar-refractivity contribution in [2.24, 2.45) is 9.98 Å². The van der Waals surface area contributed by atoms with Crippen molar-refractivity contribution in [3.8, 4) is 0 Å². The summed E-state index contributed by atoms with van der Waals surface area (Å²) < 4.78 is 0.326. The molecule has 1 rings (SSSR count). The van der Waals surface area contributed by atoms with Crippen LogP contribution in [0.5, 0.6) is 0 Å². The number of aliphatic imine (C=N–C) groups is 2. The van der Waals surface area contributed by atoms with E-state index in [1.54, 1.807) is 0 Å². The molecule has 6 heteroatoms. The number of hydrogen-bond donors (Lipinski definition) is 0. The van der Waals surface area contributed by atoms with Gasteiger partial charge in [0.1, 0.15) is 10.3 Å². The highest BCUT2D eigenvalue weighted by atomic mass is 79.9. The quantitative estimate of drug-likeness (QED) is 0.449. The van der Waals surface area contributed by atoms with Crippen molar-refractivity contribution in [2.45, 2.75) is 0 Å². The van der Waals surface area contributed by atoms with Gasteiger partial charge in [-0.25, -0.2) is 14.6 Å². The first-order valence-corrected chi connectivity index (χ1v) is 3.89. The molecule has 0 aliphatic rings. The first-order chi connectivity index (χ1) is 6.27. The third-order valence-corrected chi connectivity index (χ3v) is 1.72. The Hall–Kier alpha value is -1.61. The molecule has 0 unspecified atom stereocenters. The van der Waals surface area contributed by atoms with Crippen molar-refractivity contribution in [3.63, 3.8) is 0 Å². The largest absolute Gasteiger partial charge is 0.242 e. The predicted molar refractivity (Wildman–Crippen MR) is 47.5 cm³/mol. The maximum absolute atomic E-state index is 9.91. The zero-order valence-corrected chi connectivity index (χ0v) is 7.78. The first kappa shape index (κ1) is 9.48. The Balaban J connectivity index is 3.19. The molecule has 0 fully saturated rings. The van der Waals surface area contributed by atoms with Gasteiger partial charge in [-0.3, -0.25) is 0 Å². The molecule has 5 nitrogen and oxygen atoms in total. The monoisotopic (exact) mass is 239 g/mol. The second-order valence-corrected chi connectivity index (χ2v) is 2.64. The molecule has 1 heterocycles. The van der Waals surface area contributed by atoms with E-state index in [1.165, 1.54) is 24.3 Å². The maximum atomic E-state index is 9.91. The zero-order chi connectivity index (χ0) is 9.68. The van der Waals surface area contributed by atoms with Gasteiger partial charge in [-0.1, -0.05) is 0 Å². The van der Waals surface area contributed by atoms with Crippen molar-refractivity contribution >= 4 is 39.6 Å². The molecule has 1 aromatic rings. The van der Waals surface area contributed by atoms with E-state index in [-0.39, 0.29) is 5.82 Å². The van der Waals surface area contributed by atoms with Gasteiger partial charge in [-0.05, 0) is 28.1 Å². The van der Waals surface area contributed by atoms with Crippen LogP contribution in [0, 0.1) is 0 Å². The Labute approximate surface area is 81.4 Å². The van der Waals surface area contributed by atoms with Gasteiger partial charge in [0.25, 0.3) is 0 Å². The number of rotatable bonds is 2. The molecule has 0 aliphatic carbocycles. The minimum atomic E-state index is 0.201. The molecule has 1 aromatic heterocycles. The summed E-state index contributed by atoms with van der Waals surface area (Å²) in [5.74, 6) is 0.201. The molecule has 0 amide bonds. The summed E-state index contributed by atoms with van der Waals surface area (Å²) in [4.78, 5) is 30.2. The summed E-state index contributed by atoms with van der Waals surface area (Å²) in [5, 5.41) is 0. The molecule has 0 spiro atoms. The van der Waals surface area contributed by atoms with Crippen LogP contribution in [-0.4, -0.2) is 17.1 Å². The van der Waals surface area contributed by atoms with Gasteiger partial charge in [0.15, 0.2) is 5.82 Å². The first-order valence-electron chi connectivity index (χ1n) is 3.10. The van der Waals surface area contributed by atoms with E-state index in [1.807, 2.05) is 0 Å². The van der Waals surface area contributed by atoms with Crippen LogP contribution in [0.25, 0.3) is 0 Å². The minimum Gasteiger partial charge on any atom is -0.219 e. The number of halogens is 1. The average molecular weight is 240 g/mol. The van der Waals surface area contributed by atoms with Crippen molar-refractivity contribution < 1.29 is 9.59 Å². The summed E-state index contributed by atoms with van der Waals surface area (Å²) in [7, 11) is 0. The van der Waals surface area contributed by atoms with Gasteiger partial charge in [0, 0.05) is 0 Å². The Morgan fingerprint density at radius 2 is 1.92 bits per heavy atom. The summed E-state index contributed by atoms with van der Waals surface area (Å²) >= 11 is 3.04. The van der Waals surface area contributed by atoms with Crippen molar-refractivity contribution in [1.82, 2.24) is 4.98 Å². The van der Waals surface area contributed by atoms with E-state index in [0.29, 0.717) is 10.3 Å². The molecule has 0 saturated carbocycles. The average Bonchev–Trinajstić information content (AvgIpc) is 2.10. The standard InChI is InChI=1S/C7H2BrN3O2/c8-7-5(9-3-12)1-2-6(11-7)10-4-13/h1-2H. The van der Waals surface area contributed by atoms with E-state index in [2.05, 4.69) is 30.9 Å².